The number of hydrogen-bond acceptors (Lipinski definition) is 1. The van der Waals surface area contributed by atoms with Crippen molar-refractivity contribution < 1.29 is 13.2 Å². The van der Waals surface area contributed by atoms with Gasteiger partial charge >= 0.3 is 6.18 Å². The summed E-state index contributed by atoms with van der Waals surface area (Å²) in [5.41, 5.74) is 1.20. The molecule has 2 rings (SSSR count). The first-order valence-electron chi connectivity index (χ1n) is 6.97. The van der Waals surface area contributed by atoms with Gasteiger partial charge in [0.05, 0.1) is 12.1 Å². The van der Waals surface area contributed by atoms with E-state index in [9.17, 15) is 13.2 Å². The highest BCUT2D eigenvalue weighted by Gasteiger charge is 2.32. The third-order valence-corrected chi connectivity index (χ3v) is 3.40. The highest BCUT2D eigenvalue weighted by Crippen LogP contribution is 2.33. The fourth-order valence-electron chi connectivity index (χ4n) is 2.30. The smallest absolute Gasteiger partial charge is 0.379 e. The summed E-state index contributed by atoms with van der Waals surface area (Å²) in [4.78, 5) is 0. The Morgan fingerprint density at radius 2 is 1.95 bits per heavy atom. The van der Waals surface area contributed by atoms with Gasteiger partial charge in [0.2, 0.25) is 0 Å². The lowest BCUT2D eigenvalue weighted by Gasteiger charge is -2.14. The molecule has 0 spiro atoms. The van der Waals surface area contributed by atoms with E-state index in [1.165, 1.54) is 19.1 Å². The van der Waals surface area contributed by atoms with E-state index in [2.05, 4.69) is 16.8 Å². The molecular formula is C16H19F3N2. The highest BCUT2D eigenvalue weighted by atomic mass is 19.4. The van der Waals surface area contributed by atoms with E-state index in [0.29, 0.717) is 12.2 Å². The molecule has 0 radical (unpaired) electrons. The number of hydrogen-bond donors (Lipinski definition) is 1. The van der Waals surface area contributed by atoms with Gasteiger partial charge in [-0.25, -0.2) is 0 Å². The minimum absolute atomic E-state index is 0.238. The lowest BCUT2D eigenvalue weighted by Crippen LogP contribution is -2.10. The predicted octanol–water partition coefficient (Wildman–Crippen LogP) is 4.84. The van der Waals surface area contributed by atoms with Gasteiger partial charge in [0.1, 0.15) is 0 Å². The van der Waals surface area contributed by atoms with Crippen LogP contribution in [0.5, 0.6) is 0 Å². The zero-order valence-corrected chi connectivity index (χ0v) is 12.2. The Morgan fingerprint density at radius 1 is 1.19 bits per heavy atom. The van der Waals surface area contributed by atoms with E-state index in [0.717, 1.165) is 18.7 Å². The maximum absolute atomic E-state index is 12.9. The molecule has 0 amide bonds. The maximum atomic E-state index is 12.9. The molecule has 0 atom stereocenters. The summed E-state index contributed by atoms with van der Waals surface area (Å²) in [5, 5.41) is 3.06. The van der Waals surface area contributed by atoms with Crippen LogP contribution in [-0.4, -0.2) is 4.57 Å². The van der Waals surface area contributed by atoms with Crippen LogP contribution >= 0.6 is 0 Å². The third-order valence-electron chi connectivity index (χ3n) is 3.40. The Kier molecular flexibility index (Phi) is 4.60. The largest absolute Gasteiger partial charge is 0.416 e. The van der Waals surface area contributed by atoms with E-state index >= 15 is 0 Å². The average Bonchev–Trinajstić information content (AvgIpc) is 2.84. The molecule has 1 aromatic carbocycles. The number of aryl methyl sites for hydroxylation is 2. The van der Waals surface area contributed by atoms with Crippen LogP contribution < -0.4 is 5.32 Å². The van der Waals surface area contributed by atoms with E-state index in [4.69, 9.17) is 0 Å². The van der Waals surface area contributed by atoms with Crippen molar-refractivity contribution >= 4 is 5.69 Å². The first kappa shape index (κ1) is 15.5. The Balaban J connectivity index is 2.12. The predicted molar refractivity (Wildman–Crippen MR) is 78.2 cm³/mol. The molecule has 114 valence electrons. The second kappa shape index (κ2) is 6.24. The first-order chi connectivity index (χ1) is 9.91. The van der Waals surface area contributed by atoms with Gasteiger partial charge in [-0.05, 0) is 43.2 Å². The van der Waals surface area contributed by atoms with Crippen LogP contribution in [0.4, 0.5) is 18.9 Å². The standard InChI is InChI=1S/C16H19F3N2/c1-3-8-21-9-4-5-14(21)11-20-13-7-6-12(2)15(10-13)16(17,18)19/h4-7,9-10,20H,3,8,11H2,1-2H3. The van der Waals surface area contributed by atoms with Gasteiger partial charge in [-0.1, -0.05) is 13.0 Å². The van der Waals surface area contributed by atoms with Gasteiger partial charge in [0, 0.05) is 24.1 Å². The zero-order valence-electron chi connectivity index (χ0n) is 12.2. The molecule has 0 saturated heterocycles. The number of rotatable bonds is 5. The number of nitrogens with zero attached hydrogens (tertiary/aromatic N) is 1. The minimum atomic E-state index is -4.32. The van der Waals surface area contributed by atoms with Crippen molar-refractivity contribution in [1.29, 1.82) is 0 Å². The van der Waals surface area contributed by atoms with Crippen LogP contribution in [-0.2, 0) is 19.3 Å². The highest BCUT2D eigenvalue weighted by molar-refractivity contribution is 5.49. The van der Waals surface area contributed by atoms with Crippen molar-refractivity contribution in [1.82, 2.24) is 4.57 Å². The van der Waals surface area contributed by atoms with Crippen molar-refractivity contribution in [3.8, 4) is 0 Å². The average molecular weight is 296 g/mol. The van der Waals surface area contributed by atoms with Gasteiger partial charge in [0.25, 0.3) is 0 Å². The fourth-order valence-corrected chi connectivity index (χ4v) is 2.30. The van der Waals surface area contributed by atoms with Gasteiger partial charge < -0.3 is 9.88 Å². The number of nitrogens with one attached hydrogen (secondary N) is 1. The lowest BCUT2D eigenvalue weighted by molar-refractivity contribution is -0.138. The molecule has 0 bridgehead atoms. The number of halogens is 3. The molecule has 1 aromatic heterocycles. The summed E-state index contributed by atoms with van der Waals surface area (Å²) in [6.45, 7) is 4.98. The van der Waals surface area contributed by atoms with Gasteiger partial charge in [-0.3, -0.25) is 0 Å². The molecule has 0 unspecified atom stereocenters. The van der Waals surface area contributed by atoms with Crippen LogP contribution in [0.1, 0.15) is 30.2 Å². The normalized spacial score (nSPS) is 11.7. The van der Waals surface area contributed by atoms with Crippen LogP contribution in [0.25, 0.3) is 0 Å². The van der Waals surface area contributed by atoms with Crippen molar-refractivity contribution in [2.24, 2.45) is 0 Å². The minimum Gasteiger partial charge on any atom is -0.379 e. The van der Waals surface area contributed by atoms with Crippen LogP contribution in [0.15, 0.2) is 36.5 Å². The van der Waals surface area contributed by atoms with Crippen LogP contribution in [0.2, 0.25) is 0 Å². The second-order valence-electron chi connectivity index (χ2n) is 5.07. The van der Waals surface area contributed by atoms with Gasteiger partial charge in [-0.15, -0.1) is 0 Å². The van der Waals surface area contributed by atoms with E-state index in [1.54, 1.807) is 6.07 Å². The Hall–Kier alpha value is -1.91. The van der Waals surface area contributed by atoms with Crippen LogP contribution in [0.3, 0.4) is 0 Å². The molecule has 21 heavy (non-hydrogen) atoms. The topological polar surface area (TPSA) is 17.0 Å². The van der Waals surface area contributed by atoms with Gasteiger partial charge in [0.15, 0.2) is 0 Å². The molecule has 0 aliphatic rings. The van der Waals surface area contributed by atoms with Crippen molar-refractivity contribution in [3.05, 3.63) is 53.3 Å². The molecule has 0 saturated carbocycles. The Bertz CT molecular complexity index is 600. The maximum Gasteiger partial charge on any atom is 0.416 e. The van der Waals surface area contributed by atoms with E-state index < -0.39 is 11.7 Å². The monoisotopic (exact) mass is 296 g/mol. The molecule has 2 nitrogen and oxygen atoms in total. The quantitative estimate of drug-likeness (QED) is 0.835. The third kappa shape index (κ3) is 3.80. The molecular weight excluding hydrogens is 277 g/mol. The summed E-state index contributed by atoms with van der Waals surface area (Å²) in [6.07, 6.45) is -1.31. The zero-order chi connectivity index (χ0) is 15.5. The Morgan fingerprint density at radius 3 is 2.62 bits per heavy atom. The fraction of sp³-hybridized carbons (Fsp3) is 0.375. The number of aromatic nitrogens is 1. The van der Waals surface area contributed by atoms with Crippen molar-refractivity contribution in [2.75, 3.05) is 5.32 Å². The second-order valence-corrected chi connectivity index (χ2v) is 5.07. The van der Waals surface area contributed by atoms with Crippen molar-refractivity contribution in [2.45, 2.75) is 39.5 Å². The molecule has 2 aromatic rings. The van der Waals surface area contributed by atoms with E-state index in [-0.39, 0.29) is 5.56 Å². The first-order valence-corrected chi connectivity index (χ1v) is 6.97. The summed E-state index contributed by atoms with van der Waals surface area (Å²) in [7, 11) is 0. The van der Waals surface area contributed by atoms with E-state index in [1.807, 2.05) is 18.3 Å². The SMILES string of the molecule is CCCn1cccc1CNc1ccc(C)c(C(F)(F)F)c1. The number of benzene rings is 1. The van der Waals surface area contributed by atoms with Crippen molar-refractivity contribution in [3.63, 3.8) is 0 Å². The molecule has 5 heteroatoms. The Labute approximate surface area is 122 Å². The van der Waals surface area contributed by atoms with Crippen LogP contribution in [0, 0.1) is 6.92 Å². The summed E-state index contributed by atoms with van der Waals surface area (Å²) < 4.78 is 40.7. The summed E-state index contributed by atoms with van der Waals surface area (Å²) in [6, 6.07) is 8.26. The molecule has 1 heterocycles. The summed E-state index contributed by atoms with van der Waals surface area (Å²) >= 11 is 0. The molecule has 0 aliphatic heterocycles. The molecule has 0 aliphatic carbocycles. The molecule has 0 fully saturated rings. The molecule has 1 N–H and O–H groups in total. The number of alkyl halides is 3. The lowest BCUT2D eigenvalue weighted by atomic mass is 10.1. The van der Waals surface area contributed by atoms with Gasteiger partial charge in [-0.2, -0.15) is 13.2 Å². The summed E-state index contributed by atoms with van der Waals surface area (Å²) in [5.74, 6) is 0. The number of anilines is 1.